The molecule has 130 valence electrons. The number of rotatable bonds is 6. The minimum atomic E-state index is -4.69. The number of hydrogen-bond donors (Lipinski definition) is 0. The van der Waals surface area contributed by atoms with Gasteiger partial charge in [-0.2, -0.15) is 0 Å². The second-order valence-corrected chi connectivity index (χ2v) is 5.77. The van der Waals surface area contributed by atoms with Gasteiger partial charge >= 0.3 is 6.36 Å². The van der Waals surface area contributed by atoms with Crippen LogP contribution in [0.1, 0.15) is 12.0 Å². The predicted octanol–water partition coefficient (Wildman–Crippen LogP) is 2.77. The highest BCUT2D eigenvalue weighted by Crippen LogP contribution is 2.29. The highest BCUT2D eigenvalue weighted by atomic mass is 19.4. The molecule has 23 heavy (non-hydrogen) atoms. The van der Waals surface area contributed by atoms with Crippen molar-refractivity contribution in [1.29, 1.82) is 0 Å². The molecule has 1 aromatic rings. The maximum absolute atomic E-state index is 12.2. The first-order valence-electron chi connectivity index (χ1n) is 7.71. The van der Waals surface area contributed by atoms with Crippen LogP contribution >= 0.6 is 0 Å². The number of aryl methyl sites for hydroxylation is 1. The molecule has 0 aromatic heterocycles. The van der Waals surface area contributed by atoms with Crippen molar-refractivity contribution in [3.63, 3.8) is 0 Å². The second kappa shape index (κ2) is 7.88. The van der Waals surface area contributed by atoms with E-state index in [1.54, 1.807) is 6.07 Å². The Kier molecular flexibility index (Phi) is 6.12. The third kappa shape index (κ3) is 5.91. The van der Waals surface area contributed by atoms with Crippen LogP contribution in [0.5, 0.6) is 11.5 Å². The Morgan fingerprint density at radius 3 is 2.43 bits per heavy atom. The Morgan fingerprint density at radius 2 is 1.83 bits per heavy atom. The number of likely N-dealkylation sites (N-methyl/N-ethyl adjacent to an activating group) is 1. The maximum atomic E-state index is 12.2. The van der Waals surface area contributed by atoms with Crippen LogP contribution in [-0.4, -0.2) is 63.0 Å². The summed E-state index contributed by atoms with van der Waals surface area (Å²) in [5.41, 5.74) is 0.899. The van der Waals surface area contributed by atoms with Gasteiger partial charge < -0.3 is 19.3 Å². The zero-order valence-corrected chi connectivity index (χ0v) is 13.5. The standard InChI is InChI=1S/C16H23F3N2O2/c1-20-8-10-21(11-9-20)7-3-4-13-5-6-14(12-15(13)22-2)23-16(17,18)19/h5-6,12H,3-4,7-11H2,1-2H3. The second-order valence-electron chi connectivity index (χ2n) is 5.77. The van der Waals surface area contributed by atoms with Gasteiger partial charge in [-0.25, -0.2) is 0 Å². The van der Waals surface area contributed by atoms with E-state index in [2.05, 4.69) is 21.6 Å². The SMILES string of the molecule is COc1cc(OC(F)(F)F)ccc1CCCN1CCN(C)CC1. The molecule has 2 rings (SSSR count). The summed E-state index contributed by atoms with van der Waals surface area (Å²) in [7, 11) is 3.57. The van der Waals surface area contributed by atoms with E-state index >= 15 is 0 Å². The predicted molar refractivity (Wildman–Crippen MR) is 81.9 cm³/mol. The largest absolute Gasteiger partial charge is 0.573 e. The highest BCUT2D eigenvalue weighted by Gasteiger charge is 2.31. The van der Waals surface area contributed by atoms with Crippen molar-refractivity contribution < 1.29 is 22.6 Å². The molecule has 1 saturated heterocycles. The summed E-state index contributed by atoms with van der Waals surface area (Å²) in [4.78, 5) is 4.71. The van der Waals surface area contributed by atoms with Gasteiger partial charge in [0, 0.05) is 32.2 Å². The van der Waals surface area contributed by atoms with Crippen LogP contribution in [0, 0.1) is 0 Å². The molecule has 1 fully saturated rings. The average Bonchev–Trinajstić information content (AvgIpc) is 2.49. The first-order chi connectivity index (χ1) is 10.9. The molecule has 0 amide bonds. The highest BCUT2D eigenvalue weighted by molar-refractivity contribution is 5.40. The molecule has 0 N–H and O–H groups in total. The molecule has 4 nitrogen and oxygen atoms in total. The van der Waals surface area contributed by atoms with Crippen LogP contribution in [0.15, 0.2) is 18.2 Å². The lowest BCUT2D eigenvalue weighted by atomic mass is 10.1. The van der Waals surface area contributed by atoms with Crippen LogP contribution in [-0.2, 0) is 6.42 Å². The van der Waals surface area contributed by atoms with Crippen molar-refractivity contribution in [2.75, 3.05) is 46.9 Å². The Hall–Kier alpha value is -1.47. The summed E-state index contributed by atoms with van der Waals surface area (Å²) in [6.45, 7) is 5.26. The van der Waals surface area contributed by atoms with E-state index in [4.69, 9.17) is 4.74 Å². The van der Waals surface area contributed by atoms with Gasteiger partial charge in [0.05, 0.1) is 7.11 Å². The molecule has 1 aliphatic heterocycles. The van der Waals surface area contributed by atoms with Gasteiger partial charge in [0.15, 0.2) is 0 Å². The van der Waals surface area contributed by atoms with Crippen LogP contribution in [0.4, 0.5) is 13.2 Å². The van der Waals surface area contributed by atoms with Crippen LogP contribution in [0.2, 0.25) is 0 Å². The number of halogens is 3. The summed E-state index contributed by atoms with van der Waals surface area (Å²) < 4.78 is 45.8. The first kappa shape index (κ1) is 17.9. The van der Waals surface area contributed by atoms with Crippen LogP contribution in [0.3, 0.4) is 0 Å². The topological polar surface area (TPSA) is 24.9 Å². The van der Waals surface area contributed by atoms with Crippen molar-refractivity contribution >= 4 is 0 Å². The molecule has 0 spiro atoms. The van der Waals surface area contributed by atoms with E-state index in [0.29, 0.717) is 5.75 Å². The summed E-state index contributed by atoms with van der Waals surface area (Å²) in [6, 6.07) is 4.27. The monoisotopic (exact) mass is 332 g/mol. The minimum absolute atomic E-state index is 0.253. The molecule has 0 saturated carbocycles. The fourth-order valence-electron chi connectivity index (χ4n) is 2.69. The van der Waals surface area contributed by atoms with E-state index in [-0.39, 0.29) is 5.75 Å². The van der Waals surface area contributed by atoms with Crippen molar-refractivity contribution in [2.24, 2.45) is 0 Å². The number of nitrogens with zero attached hydrogens (tertiary/aromatic N) is 2. The van der Waals surface area contributed by atoms with Gasteiger partial charge in [-0.1, -0.05) is 6.07 Å². The lowest BCUT2D eigenvalue weighted by Crippen LogP contribution is -2.44. The Labute approximate surface area is 134 Å². The van der Waals surface area contributed by atoms with Gasteiger partial charge in [-0.3, -0.25) is 0 Å². The van der Waals surface area contributed by atoms with Crippen molar-refractivity contribution in [2.45, 2.75) is 19.2 Å². The summed E-state index contributed by atoms with van der Waals surface area (Å²) >= 11 is 0. The maximum Gasteiger partial charge on any atom is 0.573 e. The molecular weight excluding hydrogens is 309 g/mol. The van der Waals surface area contributed by atoms with Gasteiger partial charge in [-0.15, -0.1) is 13.2 Å². The molecule has 0 atom stereocenters. The lowest BCUT2D eigenvalue weighted by Gasteiger charge is -2.32. The number of piperazine rings is 1. The van der Waals surface area contributed by atoms with Crippen molar-refractivity contribution in [3.8, 4) is 11.5 Å². The summed E-state index contributed by atoms with van der Waals surface area (Å²) in [5.74, 6) is 0.183. The van der Waals surface area contributed by atoms with E-state index in [0.717, 1.165) is 51.1 Å². The molecule has 0 bridgehead atoms. The molecule has 0 radical (unpaired) electrons. The molecule has 0 aliphatic carbocycles. The fourth-order valence-corrected chi connectivity index (χ4v) is 2.69. The minimum Gasteiger partial charge on any atom is -0.496 e. The Bertz CT molecular complexity index is 501. The van der Waals surface area contributed by atoms with Gasteiger partial charge in [0.1, 0.15) is 11.5 Å². The molecule has 1 aliphatic rings. The average molecular weight is 332 g/mol. The molecule has 0 unspecified atom stereocenters. The molecule has 1 heterocycles. The van der Waals surface area contributed by atoms with E-state index < -0.39 is 6.36 Å². The van der Waals surface area contributed by atoms with Gasteiger partial charge in [0.2, 0.25) is 0 Å². The number of alkyl halides is 3. The van der Waals surface area contributed by atoms with Crippen molar-refractivity contribution in [3.05, 3.63) is 23.8 Å². The smallest absolute Gasteiger partial charge is 0.496 e. The van der Waals surface area contributed by atoms with Gasteiger partial charge in [-0.05, 0) is 38.1 Å². The Balaban J connectivity index is 1.87. The molecular formula is C16H23F3N2O2. The normalized spacial score (nSPS) is 17.3. The van der Waals surface area contributed by atoms with E-state index in [1.165, 1.54) is 19.2 Å². The third-order valence-electron chi connectivity index (χ3n) is 4.01. The molecule has 7 heteroatoms. The number of ether oxygens (including phenoxy) is 2. The van der Waals surface area contributed by atoms with E-state index in [1.807, 2.05) is 0 Å². The van der Waals surface area contributed by atoms with Crippen molar-refractivity contribution in [1.82, 2.24) is 9.80 Å². The van der Waals surface area contributed by atoms with E-state index in [9.17, 15) is 13.2 Å². The summed E-state index contributed by atoms with van der Waals surface area (Å²) in [5, 5.41) is 0. The first-order valence-corrected chi connectivity index (χ1v) is 7.71. The summed E-state index contributed by atoms with van der Waals surface area (Å²) in [6.07, 6.45) is -2.98. The zero-order valence-electron chi connectivity index (χ0n) is 13.5. The van der Waals surface area contributed by atoms with Gasteiger partial charge in [0.25, 0.3) is 0 Å². The number of benzene rings is 1. The fraction of sp³-hybridized carbons (Fsp3) is 0.625. The lowest BCUT2D eigenvalue weighted by molar-refractivity contribution is -0.274. The number of methoxy groups -OCH3 is 1. The van der Waals surface area contributed by atoms with Crippen LogP contribution < -0.4 is 9.47 Å². The van der Waals surface area contributed by atoms with Crippen LogP contribution in [0.25, 0.3) is 0 Å². The zero-order chi connectivity index (χ0) is 16.9. The number of hydrogen-bond acceptors (Lipinski definition) is 4. The molecule has 1 aromatic carbocycles. The Morgan fingerprint density at radius 1 is 1.13 bits per heavy atom. The quantitative estimate of drug-likeness (QED) is 0.800. The third-order valence-corrected chi connectivity index (χ3v) is 4.01.